The van der Waals surface area contributed by atoms with Gasteiger partial charge in [0.25, 0.3) is 11.8 Å². The van der Waals surface area contributed by atoms with Crippen LogP contribution in [0.4, 0.5) is 5.69 Å². The molecule has 0 saturated carbocycles. The Morgan fingerprint density at radius 2 is 1.53 bits per heavy atom. The number of benzene rings is 3. The van der Waals surface area contributed by atoms with Crippen LogP contribution in [0.2, 0.25) is 0 Å². The number of aromatic nitrogens is 2. The van der Waals surface area contributed by atoms with Crippen LogP contribution >= 0.6 is 0 Å². The molecule has 0 unspecified atom stereocenters. The van der Waals surface area contributed by atoms with Crippen molar-refractivity contribution in [3.63, 3.8) is 0 Å². The van der Waals surface area contributed by atoms with Crippen molar-refractivity contribution >= 4 is 17.5 Å². The number of para-hydroxylation sites is 1. The van der Waals surface area contributed by atoms with Gasteiger partial charge in [-0.3, -0.25) is 9.59 Å². The average molecular weight is 396 g/mol. The van der Waals surface area contributed by atoms with E-state index >= 15 is 0 Å². The molecule has 1 heterocycles. The monoisotopic (exact) mass is 396 g/mol. The Balaban J connectivity index is 1.71. The SMILES string of the molecule is CNC(=O)c1cccc(NC(=O)c2cn(-c3ccccc3)nc2-c2ccccc2)c1. The van der Waals surface area contributed by atoms with Crippen molar-refractivity contribution in [3.05, 3.63) is 102 Å². The van der Waals surface area contributed by atoms with Gasteiger partial charge in [-0.15, -0.1) is 0 Å². The third-order valence-electron chi connectivity index (χ3n) is 4.64. The highest BCUT2D eigenvalue weighted by molar-refractivity contribution is 6.08. The van der Waals surface area contributed by atoms with Gasteiger partial charge >= 0.3 is 0 Å². The summed E-state index contributed by atoms with van der Waals surface area (Å²) in [4.78, 5) is 25.0. The molecule has 4 rings (SSSR count). The van der Waals surface area contributed by atoms with E-state index in [0.29, 0.717) is 22.5 Å². The molecule has 3 aromatic carbocycles. The lowest BCUT2D eigenvalue weighted by atomic mass is 10.1. The molecule has 0 fully saturated rings. The first-order valence-electron chi connectivity index (χ1n) is 9.50. The summed E-state index contributed by atoms with van der Waals surface area (Å²) in [5, 5.41) is 10.1. The molecule has 1 aromatic heterocycles. The smallest absolute Gasteiger partial charge is 0.259 e. The Morgan fingerprint density at radius 1 is 0.833 bits per heavy atom. The Kier molecular flexibility index (Phi) is 5.39. The summed E-state index contributed by atoms with van der Waals surface area (Å²) in [7, 11) is 1.57. The van der Waals surface area contributed by atoms with Crippen LogP contribution in [0.3, 0.4) is 0 Å². The van der Waals surface area contributed by atoms with Crippen LogP contribution in [-0.2, 0) is 0 Å². The topological polar surface area (TPSA) is 76.0 Å². The number of carbonyl (C=O) groups excluding carboxylic acids is 2. The average Bonchev–Trinajstić information content (AvgIpc) is 3.26. The number of amides is 2. The molecule has 0 bridgehead atoms. The van der Waals surface area contributed by atoms with Crippen LogP contribution < -0.4 is 10.6 Å². The predicted octanol–water partition coefficient (Wildman–Crippen LogP) is 4.15. The van der Waals surface area contributed by atoms with Crippen LogP contribution in [-0.4, -0.2) is 28.6 Å². The van der Waals surface area contributed by atoms with Gasteiger partial charge in [0, 0.05) is 30.1 Å². The van der Waals surface area contributed by atoms with Crippen LogP contribution in [0.25, 0.3) is 16.9 Å². The third kappa shape index (κ3) is 3.98. The molecule has 0 radical (unpaired) electrons. The molecule has 0 aliphatic heterocycles. The molecule has 6 nitrogen and oxygen atoms in total. The minimum absolute atomic E-state index is 0.215. The van der Waals surface area contributed by atoms with E-state index in [1.165, 1.54) is 0 Å². The Labute approximate surface area is 174 Å². The third-order valence-corrected chi connectivity index (χ3v) is 4.64. The van der Waals surface area contributed by atoms with Crippen molar-refractivity contribution in [1.82, 2.24) is 15.1 Å². The maximum atomic E-state index is 13.1. The molecule has 6 heteroatoms. The molecule has 0 saturated heterocycles. The van der Waals surface area contributed by atoms with Gasteiger partial charge in [0.05, 0.1) is 11.3 Å². The highest BCUT2D eigenvalue weighted by Crippen LogP contribution is 2.25. The van der Waals surface area contributed by atoms with Crippen molar-refractivity contribution in [3.8, 4) is 16.9 Å². The van der Waals surface area contributed by atoms with E-state index in [1.807, 2.05) is 60.7 Å². The lowest BCUT2D eigenvalue weighted by Gasteiger charge is -2.07. The maximum absolute atomic E-state index is 13.1. The fourth-order valence-electron chi connectivity index (χ4n) is 3.14. The lowest BCUT2D eigenvalue weighted by molar-refractivity contribution is 0.0961. The predicted molar refractivity (Wildman–Crippen MR) is 117 cm³/mol. The fraction of sp³-hybridized carbons (Fsp3) is 0.0417. The second kappa shape index (κ2) is 8.45. The zero-order valence-corrected chi connectivity index (χ0v) is 16.4. The maximum Gasteiger partial charge on any atom is 0.259 e. The quantitative estimate of drug-likeness (QED) is 0.532. The number of anilines is 1. The van der Waals surface area contributed by atoms with Gasteiger partial charge in [0.1, 0.15) is 5.69 Å². The summed E-state index contributed by atoms with van der Waals surface area (Å²) in [5.41, 5.74) is 3.73. The number of nitrogens with zero attached hydrogens (tertiary/aromatic N) is 2. The van der Waals surface area contributed by atoms with Crippen molar-refractivity contribution in [2.24, 2.45) is 0 Å². The molecule has 4 aromatic rings. The minimum atomic E-state index is -0.301. The van der Waals surface area contributed by atoms with Gasteiger partial charge < -0.3 is 10.6 Å². The number of rotatable bonds is 5. The molecule has 0 aliphatic rings. The Hall–Kier alpha value is -4.19. The van der Waals surface area contributed by atoms with Crippen LogP contribution in [0.5, 0.6) is 0 Å². The van der Waals surface area contributed by atoms with Crippen molar-refractivity contribution < 1.29 is 9.59 Å². The molecule has 2 N–H and O–H groups in total. The number of carbonyl (C=O) groups is 2. The molecule has 2 amide bonds. The summed E-state index contributed by atoms with van der Waals surface area (Å²) in [6.45, 7) is 0. The normalized spacial score (nSPS) is 10.4. The second-order valence-corrected chi connectivity index (χ2v) is 6.65. The summed E-state index contributed by atoms with van der Waals surface area (Å²) in [6.07, 6.45) is 1.72. The van der Waals surface area contributed by atoms with Gasteiger partial charge in [-0.05, 0) is 30.3 Å². The van der Waals surface area contributed by atoms with E-state index in [0.717, 1.165) is 11.3 Å². The molecule has 0 atom stereocenters. The first-order valence-corrected chi connectivity index (χ1v) is 9.50. The second-order valence-electron chi connectivity index (χ2n) is 6.65. The largest absolute Gasteiger partial charge is 0.355 e. The number of hydrogen-bond donors (Lipinski definition) is 2. The standard InChI is InChI=1S/C24H20N4O2/c1-25-23(29)18-11-8-12-19(15-18)26-24(30)21-16-28(20-13-6-3-7-14-20)27-22(21)17-9-4-2-5-10-17/h2-16H,1H3,(H,25,29)(H,26,30). The summed E-state index contributed by atoms with van der Waals surface area (Å²) in [5.74, 6) is -0.516. The van der Waals surface area contributed by atoms with E-state index in [2.05, 4.69) is 15.7 Å². The molecular weight excluding hydrogens is 376 g/mol. The lowest BCUT2D eigenvalue weighted by Crippen LogP contribution is -2.18. The Morgan fingerprint density at radius 3 is 2.23 bits per heavy atom. The van der Waals surface area contributed by atoms with E-state index in [1.54, 1.807) is 42.2 Å². The zero-order chi connectivity index (χ0) is 20.9. The van der Waals surface area contributed by atoms with E-state index < -0.39 is 0 Å². The molecule has 30 heavy (non-hydrogen) atoms. The Bertz CT molecular complexity index is 1180. The van der Waals surface area contributed by atoms with E-state index in [-0.39, 0.29) is 11.8 Å². The zero-order valence-electron chi connectivity index (χ0n) is 16.4. The van der Waals surface area contributed by atoms with Gasteiger partial charge in [0.15, 0.2) is 0 Å². The van der Waals surface area contributed by atoms with Gasteiger partial charge in [-0.25, -0.2) is 4.68 Å². The highest BCUT2D eigenvalue weighted by atomic mass is 16.2. The van der Waals surface area contributed by atoms with Crippen LogP contribution in [0, 0.1) is 0 Å². The van der Waals surface area contributed by atoms with Crippen molar-refractivity contribution in [1.29, 1.82) is 0 Å². The molecular formula is C24H20N4O2. The van der Waals surface area contributed by atoms with Gasteiger partial charge in [-0.1, -0.05) is 54.6 Å². The van der Waals surface area contributed by atoms with Gasteiger partial charge in [0.2, 0.25) is 0 Å². The van der Waals surface area contributed by atoms with Crippen LogP contribution in [0.15, 0.2) is 91.1 Å². The summed E-state index contributed by atoms with van der Waals surface area (Å²) < 4.78 is 1.69. The molecule has 0 aliphatic carbocycles. The van der Waals surface area contributed by atoms with Crippen LogP contribution in [0.1, 0.15) is 20.7 Å². The molecule has 0 spiro atoms. The first-order chi connectivity index (χ1) is 14.7. The number of nitrogens with one attached hydrogen (secondary N) is 2. The van der Waals surface area contributed by atoms with E-state index in [9.17, 15) is 9.59 Å². The first kappa shape index (κ1) is 19.1. The van der Waals surface area contributed by atoms with Crippen molar-refractivity contribution in [2.45, 2.75) is 0 Å². The summed E-state index contributed by atoms with van der Waals surface area (Å²) >= 11 is 0. The minimum Gasteiger partial charge on any atom is -0.355 e. The molecule has 148 valence electrons. The highest BCUT2D eigenvalue weighted by Gasteiger charge is 2.19. The number of hydrogen-bond acceptors (Lipinski definition) is 3. The van der Waals surface area contributed by atoms with Gasteiger partial charge in [-0.2, -0.15) is 5.10 Å². The fourth-order valence-corrected chi connectivity index (χ4v) is 3.14. The van der Waals surface area contributed by atoms with E-state index in [4.69, 9.17) is 0 Å². The summed E-state index contributed by atoms with van der Waals surface area (Å²) in [6, 6.07) is 26.0. The van der Waals surface area contributed by atoms with Crippen molar-refractivity contribution in [2.75, 3.05) is 12.4 Å².